The predicted molar refractivity (Wildman–Crippen MR) is 80.7 cm³/mol. The normalized spacial score (nSPS) is 12.4. The summed E-state index contributed by atoms with van der Waals surface area (Å²) in [6.07, 6.45) is 0.884. The topological polar surface area (TPSA) is 26.0 Å². The third-order valence-electron chi connectivity index (χ3n) is 3.33. The number of hydrogen-bond donors (Lipinski definition) is 1. The highest BCUT2D eigenvalue weighted by molar-refractivity contribution is 9.10. The molecule has 0 heterocycles. The monoisotopic (exact) mass is 303 g/mol. The predicted octanol–water partition coefficient (Wildman–Crippen LogP) is 4.31. The van der Waals surface area contributed by atoms with Crippen molar-refractivity contribution in [1.82, 2.24) is 0 Å². The Kier molecular flexibility index (Phi) is 4.20. The Balaban J connectivity index is 2.22. The molecule has 0 bridgehead atoms. The molecule has 0 radical (unpaired) electrons. The third kappa shape index (κ3) is 3.01. The van der Waals surface area contributed by atoms with Crippen LogP contribution in [0.25, 0.3) is 0 Å². The lowest BCUT2D eigenvalue weighted by atomic mass is 9.94. The third-order valence-corrected chi connectivity index (χ3v) is 3.83. The van der Waals surface area contributed by atoms with Gasteiger partial charge in [0.05, 0.1) is 0 Å². The van der Waals surface area contributed by atoms with Gasteiger partial charge >= 0.3 is 0 Å². The first-order valence-corrected chi connectivity index (χ1v) is 6.93. The second kappa shape index (κ2) is 5.68. The lowest BCUT2D eigenvalue weighted by molar-refractivity contribution is 0.713. The zero-order chi connectivity index (χ0) is 13.1. The molecule has 0 spiro atoms. The molecule has 2 aromatic rings. The summed E-state index contributed by atoms with van der Waals surface area (Å²) in [7, 11) is 0. The lowest BCUT2D eigenvalue weighted by Crippen LogP contribution is -2.15. The minimum atomic E-state index is 0.0548. The Morgan fingerprint density at radius 2 is 1.78 bits per heavy atom. The van der Waals surface area contributed by atoms with Gasteiger partial charge < -0.3 is 5.73 Å². The fourth-order valence-electron chi connectivity index (χ4n) is 2.24. The van der Waals surface area contributed by atoms with E-state index in [1.54, 1.807) is 0 Å². The molecule has 1 atom stereocenters. The van der Waals surface area contributed by atoms with Crippen LogP contribution in [0.3, 0.4) is 0 Å². The van der Waals surface area contributed by atoms with Gasteiger partial charge in [-0.3, -0.25) is 0 Å². The molecule has 0 fully saturated rings. The first-order valence-electron chi connectivity index (χ1n) is 6.14. The second-order valence-electron chi connectivity index (χ2n) is 4.74. The van der Waals surface area contributed by atoms with Gasteiger partial charge in [-0.15, -0.1) is 0 Å². The largest absolute Gasteiger partial charge is 0.324 e. The van der Waals surface area contributed by atoms with Crippen molar-refractivity contribution in [3.8, 4) is 0 Å². The standard InChI is InChI=1S/C16H18BrN/c1-11-5-3-4-6-13(11)10-16(18)15-8-7-14(17)9-12(15)2/h3-9,16H,10,18H2,1-2H3. The van der Waals surface area contributed by atoms with Crippen molar-refractivity contribution in [2.45, 2.75) is 26.3 Å². The Hall–Kier alpha value is -1.12. The maximum Gasteiger partial charge on any atom is 0.0338 e. The molecule has 0 aliphatic carbocycles. The fraction of sp³-hybridized carbons (Fsp3) is 0.250. The summed E-state index contributed by atoms with van der Waals surface area (Å²) in [5, 5.41) is 0. The van der Waals surface area contributed by atoms with Crippen molar-refractivity contribution < 1.29 is 0 Å². The summed E-state index contributed by atoms with van der Waals surface area (Å²) < 4.78 is 1.10. The van der Waals surface area contributed by atoms with Gasteiger partial charge in [0.25, 0.3) is 0 Å². The van der Waals surface area contributed by atoms with Gasteiger partial charge in [-0.25, -0.2) is 0 Å². The number of nitrogens with two attached hydrogens (primary N) is 1. The van der Waals surface area contributed by atoms with E-state index in [4.69, 9.17) is 5.73 Å². The van der Waals surface area contributed by atoms with Gasteiger partial charge in [-0.1, -0.05) is 46.3 Å². The molecule has 0 saturated heterocycles. The molecule has 2 rings (SSSR count). The molecule has 2 N–H and O–H groups in total. The number of hydrogen-bond acceptors (Lipinski definition) is 1. The minimum absolute atomic E-state index is 0.0548. The molecule has 0 aromatic heterocycles. The SMILES string of the molecule is Cc1ccccc1CC(N)c1ccc(Br)cc1C. The molecule has 2 aromatic carbocycles. The average molecular weight is 304 g/mol. The fourth-order valence-corrected chi connectivity index (χ4v) is 2.72. The molecule has 18 heavy (non-hydrogen) atoms. The van der Waals surface area contributed by atoms with Crippen molar-refractivity contribution in [2.24, 2.45) is 5.73 Å². The highest BCUT2D eigenvalue weighted by atomic mass is 79.9. The maximum absolute atomic E-state index is 6.33. The molecular weight excluding hydrogens is 286 g/mol. The summed E-state index contributed by atoms with van der Waals surface area (Å²) in [6, 6.07) is 14.8. The van der Waals surface area contributed by atoms with Crippen molar-refractivity contribution in [2.75, 3.05) is 0 Å². The quantitative estimate of drug-likeness (QED) is 0.898. The van der Waals surface area contributed by atoms with Gasteiger partial charge in [0.1, 0.15) is 0 Å². The van der Waals surface area contributed by atoms with Crippen LogP contribution in [0.5, 0.6) is 0 Å². The molecule has 0 aliphatic heterocycles. The molecule has 0 saturated carbocycles. The van der Waals surface area contributed by atoms with Crippen molar-refractivity contribution in [3.63, 3.8) is 0 Å². The van der Waals surface area contributed by atoms with E-state index in [1.165, 1.54) is 22.3 Å². The van der Waals surface area contributed by atoms with Crippen molar-refractivity contribution >= 4 is 15.9 Å². The van der Waals surface area contributed by atoms with E-state index in [1.807, 2.05) is 0 Å². The van der Waals surface area contributed by atoms with Crippen LogP contribution >= 0.6 is 15.9 Å². The minimum Gasteiger partial charge on any atom is -0.324 e. The highest BCUT2D eigenvalue weighted by Crippen LogP contribution is 2.23. The smallest absolute Gasteiger partial charge is 0.0338 e. The maximum atomic E-state index is 6.33. The van der Waals surface area contributed by atoms with Gasteiger partial charge in [-0.2, -0.15) is 0 Å². The average Bonchev–Trinajstić information content (AvgIpc) is 2.32. The number of aryl methyl sites for hydroxylation is 2. The highest BCUT2D eigenvalue weighted by Gasteiger charge is 2.11. The van der Waals surface area contributed by atoms with E-state index >= 15 is 0 Å². The summed E-state index contributed by atoms with van der Waals surface area (Å²) >= 11 is 3.48. The van der Waals surface area contributed by atoms with Crippen LogP contribution in [0.15, 0.2) is 46.9 Å². The van der Waals surface area contributed by atoms with E-state index in [9.17, 15) is 0 Å². The van der Waals surface area contributed by atoms with Crippen molar-refractivity contribution in [3.05, 3.63) is 69.2 Å². The van der Waals surface area contributed by atoms with Crippen molar-refractivity contribution in [1.29, 1.82) is 0 Å². The van der Waals surface area contributed by atoms with Crippen LogP contribution in [0.1, 0.15) is 28.3 Å². The van der Waals surface area contributed by atoms with Crippen LogP contribution in [0.2, 0.25) is 0 Å². The Morgan fingerprint density at radius 1 is 1.06 bits per heavy atom. The van der Waals surface area contributed by atoms with Crippen LogP contribution in [0, 0.1) is 13.8 Å². The number of benzene rings is 2. The lowest BCUT2D eigenvalue weighted by Gasteiger charge is -2.16. The van der Waals surface area contributed by atoms with E-state index in [0.29, 0.717) is 0 Å². The van der Waals surface area contributed by atoms with Crippen LogP contribution in [0.4, 0.5) is 0 Å². The van der Waals surface area contributed by atoms with Gasteiger partial charge in [0.2, 0.25) is 0 Å². The van der Waals surface area contributed by atoms with Crippen LogP contribution in [-0.2, 0) is 6.42 Å². The van der Waals surface area contributed by atoms with E-state index < -0.39 is 0 Å². The molecule has 1 nitrogen and oxygen atoms in total. The second-order valence-corrected chi connectivity index (χ2v) is 5.65. The van der Waals surface area contributed by atoms with Gasteiger partial charge in [0.15, 0.2) is 0 Å². The molecule has 0 amide bonds. The van der Waals surface area contributed by atoms with Gasteiger partial charge in [0, 0.05) is 10.5 Å². The Bertz CT molecular complexity index is 549. The zero-order valence-corrected chi connectivity index (χ0v) is 12.4. The first kappa shape index (κ1) is 13.3. The summed E-state index contributed by atoms with van der Waals surface area (Å²) in [5.41, 5.74) is 11.4. The van der Waals surface area contributed by atoms with E-state index in [0.717, 1.165) is 10.9 Å². The summed E-state index contributed by atoms with van der Waals surface area (Å²) in [6.45, 7) is 4.24. The molecule has 0 aliphatic rings. The summed E-state index contributed by atoms with van der Waals surface area (Å²) in [5.74, 6) is 0. The number of rotatable bonds is 3. The Labute approximate surface area is 117 Å². The number of halogens is 1. The van der Waals surface area contributed by atoms with E-state index in [2.05, 4.69) is 72.2 Å². The summed E-state index contributed by atoms with van der Waals surface area (Å²) in [4.78, 5) is 0. The first-order chi connectivity index (χ1) is 8.58. The molecule has 2 heteroatoms. The van der Waals surface area contributed by atoms with Gasteiger partial charge in [-0.05, 0) is 54.7 Å². The van der Waals surface area contributed by atoms with E-state index in [-0.39, 0.29) is 6.04 Å². The van der Waals surface area contributed by atoms with Crippen LogP contribution < -0.4 is 5.73 Å². The zero-order valence-electron chi connectivity index (χ0n) is 10.8. The molecule has 1 unspecified atom stereocenters. The molecular formula is C16H18BrN. The Morgan fingerprint density at radius 3 is 2.44 bits per heavy atom. The van der Waals surface area contributed by atoms with Crippen LogP contribution in [-0.4, -0.2) is 0 Å². The molecule has 94 valence electrons.